The van der Waals surface area contributed by atoms with Crippen molar-refractivity contribution in [3.63, 3.8) is 0 Å². The molecule has 1 amide bonds. The lowest BCUT2D eigenvalue weighted by Crippen LogP contribution is -2.24. The number of anilines is 1. The number of halogens is 2. The molecule has 188 valence electrons. The molecule has 9 heteroatoms. The fourth-order valence-corrected chi connectivity index (χ4v) is 4.32. The quantitative estimate of drug-likeness (QED) is 0.317. The Hall–Kier alpha value is -2.94. The summed E-state index contributed by atoms with van der Waals surface area (Å²) >= 11 is 1.22. The number of thioether (sulfide) groups is 1. The number of nitrogens with zero attached hydrogens (tertiary/aromatic N) is 3. The zero-order valence-corrected chi connectivity index (χ0v) is 21.7. The zero-order chi connectivity index (χ0) is 25.7. The number of rotatable bonds is 10. The first-order valence-corrected chi connectivity index (χ1v) is 12.5. The Balaban J connectivity index is 1.74. The minimum absolute atomic E-state index is 0.0707. The number of nitrogens with one attached hydrogen (secondary N) is 1. The van der Waals surface area contributed by atoms with Crippen molar-refractivity contribution in [3.8, 4) is 5.75 Å². The maximum absolute atomic E-state index is 13.9. The van der Waals surface area contributed by atoms with Crippen molar-refractivity contribution >= 4 is 23.4 Å². The van der Waals surface area contributed by atoms with E-state index in [1.165, 1.54) is 23.4 Å². The molecule has 1 aromatic heterocycles. The summed E-state index contributed by atoms with van der Waals surface area (Å²) in [6.07, 6.45) is -0.363. The van der Waals surface area contributed by atoms with Gasteiger partial charge in [0.25, 0.3) is 0 Å². The fourth-order valence-electron chi connectivity index (χ4n) is 3.45. The molecule has 3 aromatic rings. The number of carbonyl (C=O) groups excluding carboxylic acids is 1. The Labute approximate surface area is 209 Å². The number of benzene rings is 2. The average Bonchev–Trinajstić information content (AvgIpc) is 3.17. The van der Waals surface area contributed by atoms with Crippen LogP contribution in [0.3, 0.4) is 0 Å². The van der Waals surface area contributed by atoms with Crippen LogP contribution in [0.1, 0.15) is 65.0 Å². The molecule has 2 aromatic carbocycles. The molecule has 0 saturated carbocycles. The van der Waals surface area contributed by atoms with Crippen molar-refractivity contribution in [3.05, 3.63) is 65.5 Å². The Bertz CT molecular complexity index is 1150. The van der Waals surface area contributed by atoms with E-state index in [2.05, 4.69) is 55.3 Å². The summed E-state index contributed by atoms with van der Waals surface area (Å²) in [4.78, 5) is 12.7. The molecule has 6 nitrogen and oxygen atoms in total. The van der Waals surface area contributed by atoms with Gasteiger partial charge < -0.3 is 14.6 Å². The minimum atomic E-state index is -0.826. The third-order valence-corrected chi connectivity index (χ3v) is 6.44. The lowest BCUT2D eigenvalue weighted by molar-refractivity contribution is -0.115. The van der Waals surface area contributed by atoms with Crippen LogP contribution in [0.15, 0.2) is 47.6 Å². The van der Waals surface area contributed by atoms with Gasteiger partial charge in [0.15, 0.2) is 17.1 Å². The maximum atomic E-state index is 13.9. The van der Waals surface area contributed by atoms with Gasteiger partial charge >= 0.3 is 0 Å². The highest BCUT2D eigenvalue weighted by atomic mass is 32.2. The molecule has 0 aliphatic carbocycles. The van der Waals surface area contributed by atoms with E-state index in [0.717, 1.165) is 17.9 Å². The second-order valence-electron chi connectivity index (χ2n) is 9.20. The minimum Gasteiger partial charge on any atom is -0.483 e. The standard InChI is InChI=1S/C26H32F2N4O2S/c1-15(2)14-32-24(17(5)34-21-10-7-19(8-11-21)16(3)4)30-31-26(32)35-18(6)25(33)29-23-12-9-20(27)13-22(23)28/h7-13,15-18H,14H2,1-6H3,(H,29,33). The van der Waals surface area contributed by atoms with Crippen molar-refractivity contribution in [2.75, 3.05) is 5.32 Å². The monoisotopic (exact) mass is 502 g/mol. The summed E-state index contributed by atoms with van der Waals surface area (Å²) in [7, 11) is 0. The van der Waals surface area contributed by atoms with Gasteiger partial charge in [-0.2, -0.15) is 0 Å². The Morgan fingerprint density at radius 2 is 1.71 bits per heavy atom. The molecule has 0 bridgehead atoms. The second kappa shape index (κ2) is 11.7. The van der Waals surface area contributed by atoms with Crippen molar-refractivity contribution < 1.29 is 18.3 Å². The van der Waals surface area contributed by atoms with Crippen LogP contribution in [0.4, 0.5) is 14.5 Å². The van der Waals surface area contributed by atoms with Gasteiger partial charge in [-0.1, -0.05) is 51.6 Å². The number of aromatic nitrogens is 3. The van der Waals surface area contributed by atoms with Gasteiger partial charge in [-0.15, -0.1) is 10.2 Å². The molecule has 0 fully saturated rings. The second-order valence-corrected chi connectivity index (χ2v) is 10.5. The van der Waals surface area contributed by atoms with Gasteiger partial charge in [-0.05, 0) is 55.5 Å². The smallest absolute Gasteiger partial charge is 0.237 e. The fraction of sp³-hybridized carbons (Fsp3) is 0.423. The van der Waals surface area contributed by atoms with Gasteiger partial charge in [0.05, 0.1) is 10.9 Å². The van der Waals surface area contributed by atoms with E-state index < -0.39 is 22.8 Å². The van der Waals surface area contributed by atoms with Crippen LogP contribution < -0.4 is 10.1 Å². The first-order valence-electron chi connectivity index (χ1n) is 11.7. The van der Waals surface area contributed by atoms with Crippen LogP contribution in [0.25, 0.3) is 0 Å². The summed E-state index contributed by atoms with van der Waals surface area (Å²) in [5, 5.41) is 11.2. The number of carbonyl (C=O) groups is 1. The maximum Gasteiger partial charge on any atom is 0.237 e. The predicted molar refractivity (Wildman–Crippen MR) is 135 cm³/mol. The van der Waals surface area contributed by atoms with E-state index in [0.29, 0.717) is 29.4 Å². The number of ether oxygens (including phenoxy) is 1. The molecule has 1 heterocycles. The predicted octanol–water partition coefficient (Wildman–Crippen LogP) is 6.60. The molecular formula is C26H32F2N4O2S. The molecule has 0 radical (unpaired) electrons. The van der Waals surface area contributed by atoms with Gasteiger partial charge in [0.2, 0.25) is 5.91 Å². The van der Waals surface area contributed by atoms with Gasteiger partial charge in [-0.3, -0.25) is 4.79 Å². The van der Waals surface area contributed by atoms with E-state index in [1.807, 2.05) is 23.6 Å². The number of amides is 1. The highest BCUT2D eigenvalue weighted by Crippen LogP contribution is 2.29. The molecule has 0 saturated heterocycles. The van der Waals surface area contributed by atoms with Crippen LogP contribution in [0.5, 0.6) is 5.75 Å². The van der Waals surface area contributed by atoms with E-state index >= 15 is 0 Å². The third kappa shape index (κ3) is 7.04. The van der Waals surface area contributed by atoms with Crippen LogP contribution in [-0.2, 0) is 11.3 Å². The van der Waals surface area contributed by atoms with Gasteiger partial charge in [0, 0.05) is 12.6 Å². The van der Waals surface area contributed by atoms with Crippen molar-refractivity contribution in [2.24, 2.45) is 5.92 Å². The highest BCUT2D eigenvalue weighted by molar-refractivity contribution is 8.00. The van der Waals surface area contributed by atoms with Gasteiger partial charge in [0.1, 0.15) is 17.4 Å². The topological polar surface area (TPSA) is 69.0 Å². The van der Waals surface area contributed by atoms with Crippen LogP contribution >= 0.6 is 11.8 Å². The van der Waals surface area contributed by atoms with E-state index in [-0.39, 0.29) is 11.8 Å². The van der Waals surface area contributed by atoms with E-state index in [1.54, 1.807) is 6.92 Å². The molecule has 3 rings (SSSR count). The molecule has 0 spiro atoms. The van der Waals surface area contributed by atoms with Crippen LogP contribution in [0, 0.1) is 17.6 Å². The SMILES string of the molecule is CC(C)Cn1c(SC(C)C(=O)Nc2ccc(F)cc2F)nnc1C(C)Oc1ccc(C(C)C)cc1. The van der Waals surface area contributed by atoms with Crippen molar-refractivity contribution in [1.82, 2.24) is 14.8 Å². The molecule has 1 N–H and O–H groups in total. The lowest BCUT2D eigenvalue weighted by Gasteiger charge is -2.19. The molecule has 2 atom stereocenters. The van der Waals surface area contributed by atoms with Crippen LogP contribution in [0.2, 0.25) is 0 Å². The Morgan fingerprint density at radius 3 is 2.31 bits per heavy atom. The molecule has 0 aliphatic rings. The highest BCUT2D eigenvalue weighted by Gasteiger charge is 2.24. The van der Waals surface area contributed by atoms with E-state index in [4.69, 9.17) is 4.74 Å². The van der Waals surface area contributed by atoms with E-state index in [9.17, 15) is 13.6 Å². The number of hydrogen-bond acceptors (Lipinski definition) is 5. The zero-order valence-electron chi connectivity index (χ0n) is 20.9. The average molecular weight is 503 g/mol. The largest absolute Gasteiger partial charge is 0.483 e. The Kier molecular flexibility index (Phi) is 8.88. The first kappa shape index (κ1) is 26.7. The summed E-state index contributed by atoms with van der Waals surface area (Å²) in [5.41, 5.74) is 1.16. The van der Waals surface area contributed by atoms with Crippen molar-refractivity contribution in [2.45, 2.75) is 70.5 Å². The first-order chi connectivity index (χ1) is 16.5. The number of hydrogen-bond donors (Lipinski definition) is 1. The van der Waals surface area contributed by atoms with Crippen LogP contribution in [-0.4, -0.2) is 25.9 Å². The summed E-state index contributed by atoms with van der Waals surface area (Å²) in [6.45, 7) is 12.7. The van der Waals surface area contributed by atoms with Crippen molar-refractivity contribution in [1.29, 1.82) is 0 Å². The molecule has 0 aliphatic heterocycles. The lowest BCUT2D eigenvalue weighted by atomic mass is 10.0. The summed E-state index contributed by atoms with van der Waals surface area (Å²) in [6, 6.07) is 11.0. The molecule has 35 heavy (non-hydrogen) atoms. The van der Waals surface area contributed by atoms with Gasteiger partial charge in [-0.25, -0.2) is 8.78 Å². The Morgan fingerprint density at radius 1 is 1.03 bits per heavy atom. The summed E-state index contributed by atoms with van der Waals surface area (Å²) < 4.78 is 35.2. The third-order valence-electron chi connectivity index (χ3n) is 5.36. The molecular weight excluding hydrogens is 470 g/mol. The molecule has 2 unspecified atom stereocenters. The normalized spacial score (nSPS) is 13.2. The summed E-state index contributed by atoms with van der Waals surface area (Å²) in [5.74, 6) is 0.192.